The van der Waals surface area contributed by atoms with Crippen molar-refractivity contribution in [2.75, 3.05) is 13.2 Å². The Morgan fingerprint density at radius 2 is 1.88 bits per heavy atom. The Morgan fingerprint density at radius 3 is 2.62 bits per heavy atom. The lowest BCUT2D eigenvalue weighted by Gasteiger charge is -2.29. The van der Waals surface area contributed by atoms with Crippen LogP contribution in [-0.4, -0.2) is 24.2 Å². The summed E-state index contributed by atoms with van der Waals surface area (Å²) in [4.78, 5) is 17.1. The van der Waals surface area contributed by atoms with Crippen LogP contribution in [0, 0.1) is 0 Å². The molecule has 1 fully saturated rings. The van der Waals surface area contributed by atoms with Crippen molar-refractivity contribution in [1.82, 2.24) is 4.98 Å². The highest BCUT2D eigenvalue weighted by Crippen LogP contribution is 2.45. The number of nitrogens with zero attached hydrogens (tertiary/aromatic N) is 1. The van der Waals surface area contributed by atoms with Gasteiger partial charge in [0.05, 0.1) is 5.41 Å². The van der Waals surface area contributed by atoms with E-state index in [9.17, 15) is 4.79 Å². The summed E-state index contributed by atoms with van der Waals surface area (Å²) in [5.74, 6) is 1.24. The van der Waals surface area contributed by atoms with Gasteiger partial charge in [-0.05, 0) is 36.6 Å². The van der Waals surface area contributed by atoms with Gasteiger partial charge in [-0.1, -0.05) is 36.6 Å². The quantitative estimate of drug-likeness (QED) is 0.597. The molecular formula is C20H20ClNO4. The molecule has 1 aliphatic heterocycles. The summed E-state index contributed by atoms with van der Waals surface area (Å²) in [7, 11) is 0. The van der Waals surface area contributed by atoms with E-state index in [1.165, 1.54) is 0 Å². The summed E-state index contributed by atoms with van der Waals surface area (Å²) in [6.45, 7) is 1.27. The molecule has 0 atom stereocenters. The number of benzene rings is 1. The fourth-order valence-corrected chi connectivity index (χ4v) is 3.82. The highest BCUT2D eigenvalue weighted by molar-refractivity contribution is 6.29. The largest absolute Gasteiger partial charge is 0.486 e. The number of carbonyl (C=O) groups excluding carboxylic acids is 1. The molecule has 4 rings (SSSR count). The minimum absolute atomic E-state index is 0.190. The molecule has 2 heterocycles. The van der Waals surface area contributed by atoms with E-state index in [0.717, 1.165) is 42.6 Å². The number of esters is 1. The van der Waals surface area contributed by atoms with Crippen molar-refractivity contribution < 1.29 is 19.0 Å². The van der Waals surface area contributed by atoms with Gasteiger partial charge < -0.3 is 14.2 Å². The van der Waals surface area contributed by atoms with Crippen molar-refractivity contribution in [2.45, 2.75) is 37.7 Å². The zero-order valence-corrected chi connectivity index (χ0v) is 15.1. The van der Waals surface area contributed by atoms with Crippen LogP contribution in [0.5, 0.6) is 11.5 Å². The molecule has 0 unspecified atom stereocenters. The van der Waals surface area contributed by atoms with E-state index >= 15 is 0 Å². The molecule has 0 bridgehead atoms. The molecule has 136 valence electrons. The predicted molar refractivity (Wildman–Crippen MR) is 96.6 cm³/mol. The lowest BCUT2D eigenvalue weighted by Crippen LogP contribution is -2.34. The van der Waals surface area contributed by atoms with Crippen molar-refractivity contribution in [3.63, 3.8) is 0 Å². The molecule has 6 heteroatoms. The minimum Gasteiger partial charge on any atom is -0.486 e. The molecule has 1 aromatic heterocycles. The van der Waals surface area contributed by atoms with E-state index in [1.54, 1.807) is 12.3 Å². The maximum Gasteiger partial charge on any atom is 0.316 e. The number of halogens is 1. The van der Waals surface area contributed by atoms with Gasteiger partial charge in [0.25, 0.3) is 0 Å². The third-order valence-electron chi connectivity index (χ3n) is 5.10. The molecule has 0 spiro atoms. The first-order chi connectivity index (χ1) is 12.7. The van der Waals surface area contributed by atoms with E-state index in [4.69, 9.17) is 25.8 Å². The number of hydrogen-bond donors (Lipinski definition) is 0. The molecule has 0 saturated heterocycles. The summed E-state index contributed by atoms with van der Waals surface area (Å²) >= 11 is 5.80. The second-order valence-corrected chi connectivity index (χ2v) is 7.10. The fraction of sp³-hybridized carbons (Fsp3) is 0.400. The Labute approximate surface area is 157 Å². The van der Waals surface area contributed by atoms with Gasteiger partial charge in [0.1, 0.15) is 25.0 Å². The maximum atomic E-state index is 13.0. The van der Waals surface area contributed by atoms with Crippen molar-refractivity contribution in [2.24, 2.45) is 0 Å². The first-order valence-electron chi connectivity index (χ1n) is 8.85. The highest BCUT2D eigenvalue weighted by atomic mass is 35.5. The molecule has 0 radical (unpaired) electrons. The number of pyridine rings is 1. The molecule has 5 nitrogen and oxygen atoms in total. The Morgan fingerprint density at radius 1 is 1.12 bits per heavy atom. The number of hydrogen-bond acceptors (Lipinski definition) is 5. The topological polar surface area (TPSA) is 57.7 Å². The third-order valence-corrected chi connectivity index (χ3v) is 5.32. The van der Waals surface area contributed by atoms with Gasteiger partial charge in [-0.15, -0.1) is 0 Å². The first kappa shape index (κ1) is 17.2. The van der Waals surface area contributed by atoms with Gasteiger partial charge in [-0.25, -0.2) is 4.98 Å². The van der Waals surface area contributed by atoms with Crippen LogP contribution in [0.15, 0.2) is 36.5 Å². The second-order valence-electron chi connectivity index (χ2n) is 6.71. The van der Waals surface area contributed by atoms with Gasteiger partial charge in [0, 0.05) is 11.8 Å². The smallest absolute Gasteiger partial charge is 0.316 e. The van der Waals surface area contributed by atoms with Gasteiger partial charge in [0.2, 0.25) is 0 Å². The third kappa shape index (κ3) is 3.23. The van der Waals surface area contributed by atoms with Crippen molar-refractivity contribution in [3.8, 4) is 11.5 Å². The van der Waals surface area contributed by atoms with Gasteiger partial charge >= 0.3 is 5.97 Å². The van der Waals surface area contributed by atoms with E-state index in [1.807, 2.05) is 24.3 Å². The zero-order valence-electron chi connectivity index (χ0n) is 14.4. The Kier molecular flexibility index (Phi) is 4.72. The maximum absolute atomic E-state index is 13.0. The molecule has 2 aromatic rings. The normalized spacial score (nSPS) is 17.7. The molecule has 1 aromatic carbocycles. The number of rotatable bonds is 4. The van der Waals surface area contributed by atoms with Gasteiger partial charge in [0.15, 0.2) is 11.5 Å². The zero-order chi connectivity index (χ0) is 18.0. The van der Waals surface area contributed by atoms with Crippen LogP contribution in [0.3, 0.4) is 0 Å². The van der Waals surface area contributed by atoms with E-state index in [2.05, 4.69) is 4.98 Å². The van der Waals surface area contributed by atoms with E-state index in [-0.39, 0.29) is 12.6 Å². The molecule has 1 aliphatic carbocycles. The standard InChI is InChI=1S/C20H20ClNO4/c21-18-6-3-14(12-22-18)13-26-19(23)20(7-1-2-8-20)15-4-5-16-17(11-15)25-10-9-24-16/h3-6,11-12H,1-2,7-10,13H2. The van der Waals surface area contributed by atoms with Crippen molar-refractivity contribution >= 4 is 17.6 Å². The Bertz CT molecular complexity index is 800. The monoisotopic (exact) mass is 373 g/mol. The number of ether oxygens (including phenoxy) is 3. The highest BCUT2D eigenvalue weighted by Gasteiger charge is 2.44. The minimum atomic E-state index is -0.615. The summed E-state index contributed by atoms with van der Waals surface area (Å²) < 4.78 is 16.9. The van der Waals surface area contributed by atoms with Crippen LogP contribution in [0.25, 0.3) is 0 Å². The number of fused-ring (bicyclic) bond motifs is 1. The Hall–Kier alpha value is -2.27. The molecule has 1 saturated carbocycles. The van der Waals surface area contributed by atoms with Gasteiger partial charge in [-0.2, -0.15) is 0 Å². The molecule has 0 N–H and O–H groups in total. The average molecular weight is 374 g/mol. The van der Waals surface area contributed by atoms with E-state index in [0.29, 0.717) is 24.1 Å². The SMILES string of the molecule is O=C(OCc1ccc(Cl)nc1)C1(c2ccc3c(c2)OCCO3)CCCC1. The fourth-order valence-electron chi connectivity index (χ4n) is 3.71. The van der Waals surface area contributed by atoms with Crippen LogP contribution in [-0.2, 0) is 21.6 Å². The van der Waals surface area contributed by atoms with Crippen LogP contribution >= 0.6 is 11.6 Å². The predicted octanol–water partition coefficient (Wildman–Crippen LogP) is 4.06. The number of aromatic nitrogens is 1. The van der Waals surface area contributed by atoms with Crippen LogP contribution in [0.1, 0.15) is 36.8 Å². The summed E-state index contributed by atoms with van der Waals surface area (Å²) in [6.07, 6.45) is 5.20. The molecule has 0 amide bonds. The van der Waals surface area contributed by atoms with Crippen LogP contribution in [0.2, 0.25) is 5.15 Å². The first-order valence-corrected chi connectivity index (χ1v) is 9.23. The average Bonchev–Trinajstić information content (AvgIpc) is 3.18. The summed E-state index contributed by atoms with van der Waals surface area (Å²) in [5.41, 5.74) is 1.15. The summed E-state index contributed by atoms with van der Waals surface area (Å²) in [5, 5.41) is 0.420. The summed E-state index contributed by atoms with van der Waals surface area (Å²) in [6, 6.07) is 9.29. The van der Waals surface area contributed by atoms with Gasteiger partial charge in [-0.3, -0.25) is 4.79 Å². The molecular weight excluding hydrogens is 354 g/mol. The molecule has 2 aliphatic rings. The lowest BCUT2D eigenvalue weighted by molar-refractivity contribution is -0.152. The van der Waals surface area contributed by atoms with Crippen LogP contribution in [0.4, 0.5) is 0 Å². The van der Waals surface area contributed by atoms with E-state index < -0.39 is 5.41 Å². The second kappa shape index (κ2) is 7.16. The molecule has 26 heavy (non-hydrogen) atoms. The van der Waals surface area contributed by atoms with Crippen molar-refractivity contribution in [3.05, 3.63) is 52.8 Å². The Balaban J connectivity index is 1.56. The number of carbonyl (C=O) groups is 1. The lowest BCUT2D eigenvalue weighted by atomic mass is 9.78. The van der Waals surface area contributed by atoms with Crippen LogP contribution < -0.4 is 9.47 Å². The van der Waals surface area contributed by atoms with Crippen molar-refractivity contribution in [1.29, 1.82) is 0 Å².